The quantitative estimate of drug-likeness (QED) is 0.929. The Balaban J connectivity index is 1.94. The average molecular weight is 316 g/mol. The molecule has 0 aromatic heterocycles. The lowest BCUT2D eigenvalue weighted by Gasteiger charge is -2.21. The molecule has 0 bridgehead atoms. The van der Waals surface area contributed by atoms with E-state index in [0.717, 1.165) is 12.0 Å². The molecule has 0 saturated carbocycles. The highest BCUT2D eigenvalue weighted by molar-refractivity contribution is 6.42. The van der Waals surface area contributed by atoms with Crippen LogP contribution in [0.25, 0.3) is 0 Å². The van der Waals surface area contributed by atoms with Gasteiger partial charge in [0, 0.05) is 13.0 Å². The van der Waals surface area contributed by atoms with Gasteiger partial charge in [-0.3, -0.25) is 4.79 Å². The van der Waals surface area contributed by atoms with E-state index in [1.165, 1.54) is 4.90 Å². The molecule has 1 aliphatic heterocycles. The number of aliphatic carboxylic acids is 1. The van der Waals surface area contributed by atoms with Crippen molar-refractivity contribution in [2.24, 2.45) is 0 Å². The van der Waals surface area contributed by atoms with Crippen LogP contribution in [0, 0.1) is 0 Å². The summed E-state index contributed by atoms with van der Waals surface area (Å²) in [5.41, 5.74) is 0.916. The molecule has 1 aromatic carbocycles. The van der Waals surface area contributed by atoms with Gasteiger partial charge in [0.25, 0.3) is 0 Å². The first kappa shape index (κ1) is 15.1. The first-order valence-electron chi connectivity index (χ1n) is 6.45. The zero-order valence-electron chi connectivity index (χ0n) is 10.8. The zero-order valence-corrected chi connectivity index (χ0v) is 12.3. The minimum absolute atomic E-state index is 0.124. The fraction of sp³-hybridized carbons (Fsp3) is 0.429. The van der Waals surface area contributed by atoms with Gasteiger partial charge in [0.15, 0.2) is 0 Å². The maximum absolute atomic E-state index is 12.1. The van der Waals surface area contributed by atoms with Crippen molar-refractivity contribution in [3.05, 3.63) is 33.8 Å². The Morgan fingerprint density at radius 1 is 1.30 bits per heavy atom. The first-order chi connectivity index (χ1) is 9.49. The number of carbonyl (C=O) groups excluding carboxylic acids is 1. The SMILES string of the molecule is O=C(O)[C@H]1CCCN1C(=O)CCc1ccc(Cl)c(Cl)c1. The summed E-state index contributed by atoms with van der Waals surface area (Å²) in [5.74, 6) is -1.05. The van der Waals surface area contributed by atoms with Crippen molar-refractivity contribution in [1.29, 1.82) is 0 Å². The second kappa shape index (κ2) is 6.46. The topological polar surface area (TPSA) is 57.6 Å². The molecular formula is C14H15Cl2NO3. The van der Waals surface area contributed by atoms with Gasteiger partial charge in [-0.2, -0.15) is 0 Å². The molecule has 0 radical (unpaired) electrons. The Bertz CT molecular complexity index is 533. The number of amides is 1. The summed E-state index contributed by atoms with van der Waals surface area (Å²) in [6.07, 6.45) is 2.09. The number of likely N-dealkylation sites (tertiary alicyclic amines) is 1. The molecule has 1 amide bonds. The number of nitrogens with zero attached hydrogens (tertiary/aromatic N) is 1. The lowest BCUT2D eigenvalue weighted by Crippen LogP contribution is -2.40. The molecule has 1 aliphatic rings. The van der Waals surface area contributed by atoms with Crippen LogP contribution in [0.1, 0.15) is 24.8 Å². The number of carboxylic acid groups (broad SMARTS) is 1. The Hall–Kier alpha value is -1.26. The number of rotatable bonds is 4. The summed E-state index contributed by atoms with van der Waals surface area (Å²) >= 11 is 11.7. The normalized spacial score (nSPS) is 18.3. The van der Waals surface area contributed by atoms with Crippen molar-refractivity contribution in [3.8, 4) is 0 Å². The molecule has 1 atom stereocenters. The van der Waals surface area contributed by atoms with Crippen molar-refractivity contribution < 1.29 is 14.7 Å². The monoisotopic (exact) mass is 315 g/mol. The van der Waals surface area contributed by atoms with E-state index in [1.54, 1.807) is 12.1 Å². The maximum Gasteiger partial charge on any atom is 0.326 e. The highest BCUT2D eigenvalue weighted by Gasteiger charge is 2.33. The smallest absolute Gasteiger partial charge is 0.326 e. The Morgan fingerprint density at radius 2 is 2.05 bits per heavy atom. The molecule has 0 spiro atoms. The molecule has 20 heavy (non-hydrogen) atoms. The van der Waals surface area contributed by atoms with E-state index in [4.69, 9.17) is 28.3 Å². The Morgan fingerprint density at radius 3 is 2.70 bits per heavy atom. The second-order valence-electron chi connectivity index (χ2n) is 4.83. The molecule has 0 unspecified atom stereocenters. The lowest BCUT2D eigenvalue weighted by molar-refractivity contribution is -0.148. The van der Waals surface area contributed by atoms with Crippen LogP contribution in [0.2, 0.25) is 10.0 Å². The summed E-state index contributed by atoms with van der Waals surface area (Å²) in [4.78, 5) is 24.6. The predicted octanol–water partition coefficient (Wildman–Crippen LogP) is 3.00. The fourth-order valence-electron chi connectivity index (χ4n) is 2.41. The number of benzene rings is 1. The standard InChI is InChI=1S/C14H15Cl2NO3/c15-10-5-3-9(8-11(10)16)4-6-13(18)17-7-1-2-12(17)14(19)20/h3,5,8,12H,1-2,4,6-7H2,(H,19,20)/t12-/m1/s1. The van der Waals surface area contributed by atoms with E-state index in [-0.39, 0.29) is 12.3 Å². The summed E-state index contributed by atoms with van der Waals surface area (Å²) < 4.78 is 0. The van der Waals surface area contributed by atoms with Crippen LogP contribution in [0.3, 0.4) is 0 Å². The van der Waals surface area contributed by atoms with E-state index in [9.17, 15) is 9.59 Å². The van der Waals surface area contributed by atoms with Crippen LogP contribution in [-0.2, 0) is 16.0 Å². The van der Waals surface area contributed by atoms with E-state index in [1.807, 2.05) is 6.07 Å². The molecule has 4 nitrogen and oxygen atoms in total. The van der Waals surface area contributed by atoms with E-state index >= 15 is 0 Å². The van der Waals surface area contributed by atoms with Gasteiger partial charge in [-0.05, 0) is 37.0 Å². The van der Waals surface area contributed by atoms with Crippen LogP contribution in [0.4, 0.5) is 0 Å². The molecular weight excluding hydrogens is 301 g/mol. The van der Waals surface area contributed by atoms with Crippen molar-refractivity contribution >= 4 is 35.1 Å². The van der Waals surface area contributed by atoms with Crippen molar-refractivity contribution in [2.75, 3.05) is 6.54 Å². The number of hydrogen-bond acceptors (Lipinski definition) is 2. The molecule has 1 aromatic rings. The molecule has 1 heterocycles. The summed E-state index contributed by atoms with van der Waals surface area (Å²) in [7, 11) is 0. The average Bonchev–Trinajstić information content (AvgIpc) is 2.89. The van der Waals surface area contributed by atoms with E-state index < -0.39 is 12.0 Å². The van der Waals surface area contributed by atoms with Crippen LogP contribution in [-0.4, -0.2) is 34.5 Å². The summed E-state index contributed by atoms with van der Waals surface area (Å²) in [6.45, 7) is 0.525. The van der Waals surface area contributed by atoms with Crippen LogP contribution < -0.4 is 0 Å². The van der Waals surface area contributed by atoms with Crippen LogP contribution in [0.5, 0.6) is 0 Å². The third-order valence-electron chi connectivity index (χ3n) is 3.47. The Kier molecular flexibility index (Phi) is 4.89. The minimum atomic E-state index is -0.926. The number of carbonyl (C=O) groups is 2. The van der Waals surface area contributed by atoms with Crippen molar-refractivity contribution in [2.45, 2.75) is 31.7 Å². The van der Waals surface area contributed by atoms with Gasteiger partial charge in [0.1, 0.15) is 6.04 Å². The molecule has 0 aliphatic carbocycles. The number of aryl methyl sites for hydroxylation is 1. The third kappa shape index (κ3) is 3.44. The number of carboxylic acids is 1. The van der Waals surface area contributed by atoms with E-state index in [0.29, 0.717) is 29.4 Å². The zero-order chi connectivity index (χ0) is 14.7. The molecule has 1 saturated heterocycles. The highest BCUT2D eigenvalue weighted by atomic mass is 35.5. The van der Waals surface area contributed by atoms with Gasteiger partial charge in [-0.1, -0.05) is 29.3 Å². The largest absolute Gasteiger partial charge is 0.480 e. The summed E-state index contributed by atoms with van der Waals surface area (Å²) in [5, 5.41) is 10.00. The van der Waals surface area contributed by atoms with E-state index in [2.05, 4.69) is 0 Å². The van der Waals surface area contributed by atoms with Crippen molar-refractivity contribution in [1.82, 2.24) is 4.90 Å². The van der Waals surface area contributed by atoms with Gasteiger partial charge >= 0.3 is 5.97 Å². The van der Waals surface area contributed by atoms with Crippen LogP contribution >= 0.6 is 23.2 Å². The molecule has 6 heteroatoms. The first-order valence-corrected chi connectivity index (χ1v) is 7.21. The molecule has 1 N–H and O–H groups in total. The van der Waals surface area contributed by atoms with Crippen molar-refractivity contribution in [3.63, 3.8) is 0 Å². The minimum Gasteiger partial charge on any atom is -0.480 e. The van der Waals surface area contributed by atoms with Gasteiger partial charge in [-0.25, -0.2) is 4.79 Å². The van der Waals surface area contributed by atoms with Gasteiger partial charge in [0.2, 0.25) is 5.91 Å². The molecule has 1 fully saturated rings. The second-order valence-corrected chi connectivity index (χ2v) is 5.65. The van der Waals surface area contributed by atoms with Crippen LogP contribution in [0.15, 0.2) is 18.2 Å². The highest BCUT2D eigenvalue weighted by Crippen LogP contribution is 2.24. The Labute approximate surface area is 127 Å². The lowest BCUT2D eigenvalue weighted by atomic mass is 10.1. The molecule has 108 valence electrons. The van der Waals surface area contributed by atoms with Gasteiger partial charge in [0.05, 0.1) is 10.0 Å². The van der Waals surface area contributed by atoms with Gasteiger partial charge < -0.3 is 10.0 Å². The van der Waals surface area contributed by atoms with Gasteiger partial charge in [-0.15, -0.1) is 0 Å². The predicted molar refractivity (Wildman–Crippen MR) is 77.2 cm³/mol. The maximum atomic E-state index is 12.1. The summed E-state index contributed by atoms with van der Waals surface area (Å²) in [6, 6.07) is 4.58. The third-order valence-corrected chi connectivity index (χ3v) is 4.21. The number of halogens is 2. The molecule has 2 rings (SSSR count). The fourth-order valence-corrected chi connectivity index (χ4v) is 2.73. The number of hydrogen-bond donors (Lipinski definition) is 1.